The number of hydrogen-bond donors (Lipinski definition) is 1. The summed E-state index contributed by atoms with van der Waals surface area (Å²) in [5.41, 5.74) is 0. The molecule has 3 saturated heterocycles. The Balaban J connectivity index is 1.65. The van der Waals surface area contributed by atoms with Gasteiger partial charge in [-0.1, -0.05) is 0 Å². The maximum atomic E-state index is 12.8. The van der Waals surface area contributed by atoms with Crippen molar-refractivity contribution in [2.75, 3.05) is 65.6 Å². The maximum absolute atomic E-state index is 12.8. The van der Waals surface area contributed by atoms with Gasteiger partial charge < -0.3 is 9.84 Å². The summed E-state index contributed by atoms with van der Waals surface area (Å²) in [5.74, 6) is 0.337. The number of rotatable bonds is 5. The molecule has 0 saturated carbocycles. The van der Waals surface area contributed by atoms with E-state index in [1.54, 1.807) is 8.61 Å². The second-order valence-corrected chi connectivity index (χ2v) is 8.92. The van der Waals surface area contributed by atoms with Gasteiger partial charge in [0.05, 0.1) is 13.2 Å². The van der Waals surface area contributed by atoms with E-state index in [-0.39, 0.29) is 18.4 Å². The summed E-state index contributed by atoms with van der Waals surface area (Å²) < 4.78 is 34.3. The normalized spacial score (nSPS) is 32.4. The van der Waals surface area contributed by atoms with Crippen molar-refractivity contribution in [3.05, 3.63) is 0 Å². The molecule has 0 bridgehead atoms. The van der Waals surface area contributed by atoms with Crippen LogP contribution in [0, 0.1) is 11.8 Å². The summed E-state index contributed by atoms with van der Waals surface area (Å²) in [7, 11) is -3.37. The lowest BCUT2D eigenvalue weighted by Crippen LogP contribution is -2.52. The third-order valence-electron chi connectivity index (χ3n) is 5.19. The molecule has 3 aliphatic rings. The van der Waals surface area contributed by atoms with Gasteiger partial charge in [0.2, 0.25) is 0 Å². The number of hydrogen-bond acceptors (Lipinski definition) is 5. The van der Waals surface area contributed by atoms with Crippen LogP contribution in [0.2, 0.25) is 0 Å². The van der Waals surface area contributed by atoms with Crippen LogP contribution in [0.25, 0.3) is 0 Å². The van der Waals surface area contributed by atoms with Gasteiger partial charge >= 0.3 is 0 Å². The lowest BCUT2D eigenvalue weighted by molar-refractivity contribution is 0.0204. The van der Waals surface area contributed by atoms with E-state index in [2.05, 4.69) is 4.90 Å². The topological polar surface area (TPSA) is 73.3 Å². The highest BCUT2D eigenvalue weighted by Crippen LogP contribution is 2.27. The van der Waals surface area contributed by atoms with Crippen LogP contribution in [0.15, 0.2) is 0 Å². The monoisotopic (exact) mass is 347 g/mol. The van der Waals surface area contributed by atoms with Gasteiger partial charge in [-0.3, -0.25) is 4.90 Å². The number of aliphatic hydroxyl groups is 1. The summed E-state index contributed by atoms with van der Waals surface area (Å²) in [4.78, 5) is 2.36. The van der Waals surface area contributed by atoms with Gasteiger partial charge in [-0.15, -0.1) is 0 Å². The van der Waals surface area contributed by atoms with Gasteiger partial charge in [0.25, 0.3) is 10.2 Å². The van der Waals surface area contributed by atoms with Crippen LogP contribution in [-0.2, 0) is 14.9 Å². The summed E-state index contributed by atoms with van der Waals surface area (Å²) in [6.07, 6.45) is 2.81. The largest absolute Gasteiger partial charge is 0.396 e. The van der Waals surface area contributed by atoms with Crippen molar-refractivity contribution in [1.29, 1.82) is 0 Å². The molecule has 0 amide bonds. The molecule has 0 aromatic heterocycles. The first-order chi connectivity index (χ1) is 11.1. The van der Waals surface area contributed by atoms with Gasteiger partial charge in [0.15, 0.2) is 0 Å². The van der Waals surface area contributed by atoms with Crippen LogP contribution in [0.1, 0.15) is 19.3 Å². The molecule has 0 aromatic rings. The fourth-order valence-corrected chi connectivity index (χ4v) is 5.80. The van der Waals surface area contributed by atoms with E-state index >= 15 is 0 Å². The molecule has 3 fully saturated rings. The molecule has 0 unspecified atom stereocenters. The van der Waals surface area contributed by atoms with Crippen molar-refractivity contribution in [1.82, 2.24) is 13.5 Å². The molecule has 3 aliphatic heterocycles. The van der Waals surface area contributed by atoms with Gasteiger partial charge in [-0.05, 0) is 31.1 Å². The zero-order valence-electron chi connectivity index (χ0n) is 13.8. The Morgan fingerprint density at radius 1 is 0.957 bits per heavy atom. The highest BCUT2D eigenvalue weighted by molar-refractivity contribution is 7.86. The van der Waals surface area contributed by atoms with Crippen LogP contribution in [0.5, 0.6) is 0 Å². The van der Waals surface area contributed by atoms with Crippen molar-refractivity contribution in [2.45, 2.75) is 19.3 Å². The molecule has 7 nitrogen and oxygen atoms in total. The SMILES string of the molecule is O=S(=O)(N1CCCC1)N1C[C@H](CO)C[C@@H](CN2CCOCC2)C1. The van der Waals surface area contributed by atoms with Crippen LogP contribution in [-0.4, -0.2) is 92.7 Å². The van der Waals surface area contributed by atoms with Crippen LogP contribution in [0.3, 0.4) is 0 Å². The number of morpholine rings is 1. The molecule has 0 aromatic carbocycles. The van der Waals surface area contributed by atoms with Crippen molar-refractivity contribution in [3.8, 4) is 0 Å². The number of piperidine rings is 1. The first-order valence-electron chi connectivity index (χ1n) is 8.76. The minimum absolute atomic E-state index is 0.0483. The van der Waals surface area contributed by atoms with E-state index in [1.165, 1.54) is 0 Å². The summed E-state index contributed by atoms with van der Waals surface area (Å²) in [6.45, 7) is 6.60. The van der Waals surface area contributed by atoms with E-state index < -0.39 is 10.2 Å². The average molecular weight is 347 g/mol. The smallest absolute Gasteiger partial charge is 0.281 e. The Bertz CT molecular complexity index is 475. The second kappa shape index (κ2) is 7.76. The van der Waals surface area contributed by atoms with Crippen molar-refractivity contribution in [3.63, 3.8) is 0 Å². The third-order valence-corrected chi connectivity index (χ3v) is 7.15. The number of nitrogens with zero attached hydrogens (tertiary/aromatic N) is 3. The first-order valence-corrected chi connectivity index (χ1v) is 10.2. The van der Waals surface area contributed by atoms with E-state index in [1.807, 2.05) is 0 Å². The van der Waals surface area contributed by atoms with Crippen LogP contribution >= 0.6 is 0 Å². The summed E-state index contributed by atoms with van der Waals surface area (Å²) >= 11 is 0. The van der Waals surface area contributed by atoms with E-state index in [9.17, 15) is 13.5 Å². The number of ether oxygens (including phenoxy) is 1. The molecule has 2 atom stereocenters. The molecule has 1 N–H and O–H groups in total. The first kappa shape index (κ1) is 17.6. The summed E-state index contributed by atoms with van der Waals surface area (Å²) in [6, 6.07) is 0. The molecule has 23 heavy (non-hydrogen) atoms. The molecule has 0 aliphatic carbocycles. The summed E-state index contributed by atoms with van der Waals surface area (Å²) in [5, 5.41) is 9.59. The predicted octanol–water partition coefficient (Wildman–Crippen LogP) is -0.410. The van der Waals surface area contributed by atoms with Crippen LogP contribution < -0.4 is 0 Å². The highest BCUT2D eigenvalue weighted by atomic mass is 32.2. The molecular weight excluding hydrogens is 318 g/mol. The Morgan fingerprint density at radius 2 is 1.61 bits per heavy atom. The van der Waals surface area contributed by atoms with Gasteiger partial charge in [0, 0.05) is 52.4 Å². The quantitative estimate of drug-likeness (QED) is 0.732. The number of aliphatic hydroxyl groups excluding tert-OH is 1. The van der Waals surface area contributed by atoms with Crippen molar-refractivity contribution in [2.24, 2.45) is 11.8 Å². The van der Waals surface area contributed by atoms with E-state index in [4.69, 9.17) is 4.74 Å². The molecule has 134 valence electrons. The minimum atomic E-state index is -3.37. The molecule has 3 rings (SSSR count). The van der Waals surface area contributed by atoms with Crippen molar-refractivity contribution < 1.29 is 18.3 Å². The second-order valence-electron chi connectivity index (χ2n) is 6.99. The Kier molecular flexibility index (Phi) is 5.92. The fraction of sp³-hybridized carbons (Fsp3) is 1.00. The zero-order valence-corrected chi connectivity index (χ0v) is 14.6. The minimum Gasteiger partial charge on any atom is -0.396 e. The Hall–Kier alpha value is -0.250. The third kappa shape index (κ3) is 4.24. The lowest BCUT2D eigenvalue weighted by atomic mass is 9.90. The van der Waals surface area contributed by atoms with Gasteiger partial charge in [-0.2, -0.15) is 17.0 Å². The average Bonchev–Trinajstić information content (AvgIpc) is 3.11. The zero-order chi connectivity index (χ0) is 16.3. The molecule has 8 heteroatoms. The van der Waals surface area contributed by atoms with Crippen molar-refractivity contribution >= 4 is 10.2 Å². The lowest BCUT2D eigenvalue weighted by Gasteiger charge is -2.40. The van der Waals surface area contributed by atoms with Gasteiger partial charge in [-0.25, -0.2) is 0 Å². The Morgan fingerprint density at radius 3 is 2.26 bits per heavy atom. The Labute approximate surface area is 139 Å². The fourth-order valence-electron chi connectivity index (χ4n) is 3.95. The maximum Gasteiger partial charge on any atom is 0.281 e. The van der Waals surface area contributed by atoms with Crippen LogP contribution in [0.4, 0.5) is 0 Å². The molecule has 0 spiro atoms. The predicted molar refractivity (Wildman–Crippen MR) is 87.2 cm³/mol. The molecular formula is C15H29N3O4S. The standard InChI is InChI=1S/C15H29N3O4S/c19-13-15-9-14(10-16-5-7-22-8-6-16)11-18(12-15)23(20,21)17-3-1-2-4-17/h14-15,19H,1-13H2/t14-,15+/m0/s1. The molecule has 3 heterocycles. The van der Waals surface area contributed by atoms with E-state index in [0.29, 0.717) is 26.2 Å². The highest BCUT2D eigenvalue weighted by Gasteiger charge is 2.38. The van der Waals surface area contributed by atoms with Gasteiger partial charge in [0.1, 0.15) is 0 Å². The molecule has 0 radical (unpaired) electrons. The van der Waals surface area contributed by atoms with E-state index in [0.717, 1.165) is 52.1 Å².